The Morgan fingerprint density at radius 2 is 1.83 bits per heavy atom. The van der Waals surface area contributed by atoms with Gasteiger partial charge in [-0.15, -0.1) is 0 Å². The third-order valence-electron chi connectivity index (χ3n) is 3.40. The summed E-state index contributed by atoms with van der Waals surface area (Å²) in [6.07, 6.45) is 12.6. The van der Waals surface area contributed by atoms with Gasteiger partial charge in [0.1, 0.15) is 11.6 Å². The smallest absolute Gasteiger partial charge is 0.147 e. The summed E-state index contributed by atoms with van der Waals surface area (Å²) < 4.78 is 0. The average Bonchev–Trinajstić information content (AvgIpc) is 2.65. The van der Waals surface area contributed by atoms with Crippen LogP contribution in [-0.4, -0.2) is 22.6 Å². The monoisotopic (exact) mass is 248 g/mol. The highest BCUT2D eigenvalue weighted by Gasteiger charge is 2.12. The highest BCUT2D eigenvalue weighted by molar-refractivity contribution is 5.42. The molecule has 1 aliphatic rings. The van der Waals surface area contributed by atoms with Gasteiger partial charge in [0.15, 0.2) is 0 Å². The van der Waals surface area contributed by atoms with Gasteiger partial charge in [-0.05, 0) is 19.3 Å². The minimum absolute atomic E-state index is 0.572. The fourth-order valence-electron chi connectivity index (χ4n) is 2.41. The quantitative estimate of drug-likeness (QED) is 0.784. The number of rotatable bonds is 5. The second-order valence-corrected chi connectivity index (χ2v) is 5.05. The van der Waals surface area contributed by atoms with Gasteiger partial charge < -0.3 is 10.6 Å². The molecule has 18 heavy (non-hydrogen) atoms. The molecule has 0 saturated heterocycles. The van der Waals surface area contributed by atoms with Crippen LogP contribution in [0.25, 0.3) is 0 Å². The minimum atomic E-state index is 0.572. The predicted molar refractivity (Wildman–Crippen MR) is 75.9 cm³/mol. The first-order chi connectivity index (χ1) is 8.88. The maximum absolute atomic E-state index is 4.55. The molecule has 0 radical (unpaired) electrons. The van der Waals surface area contributed by atoms with Crippen LogP contribution in [0, 0.1) is 0 Å². The van der Waals surface area contributed by atoms with Gasteiger partial charge in [0.05, 0.1) is 12.4 Å². The summed E-state index contributed by atoms with van der Waals surface area (Å²) in [6.45, 7) is 3.09. The van der Waals surface area contributed by atoms with E-state index in [-0.39, 0.29) is 0 Å². The average molecular weight is 248 g/mol. The van der Waals surface area contributed by atoms with E-state index in [0.29, 0.717) is 6.04 Å². The fourth-order valence-corrected chi connectivity index (χ4v) is 2.41. The van der Waals surface area contributed by atoms with E-state index in [9.17, 15) is 0 Å². The lowest BCUT2D eigenvalue weighted by Gasteiger charge is -2.17. The number of anilines is 2. The maximum Gasteiger partial charge on any atom is 0.147 e. The molecule has 0 aromatic carbocycles. The molecule has 4 heteroatoms. The summed E-state index contributed by atoms with van der Waals surface area (Å²) in [5.41, 5.74) is 0. The van der Waals surface area contributed by atoms with Crippen molar-refractivity contribution in [2.75, 3.05) is 17.2 Å². The van der Waals surface area contributed by atoms with E-state index in [1.807, 2.05) is 6.20 Å². The molecule has 1 aromatic rings. The maximum atomic E-state index is 4.55. The van der Waals surface area contributed by atoms with Crippen LogP contribution >= 0.6 is 0 Å². The molecule has 0 spiro atoms. The Labute approximate surface area is 110 Å². The predicted octanol–water partition coefficient (Wildman–Crippen LogP) is 3.43. The van der Waals surface area contributed by atoms with Crippen molar-refractivity contribution in [2.24, 2.45) is 0 Å². The molecule has 4 nitrogen and oxygen atoms in total. The molecular weight excluding hydrogens is 224 g/mol. The highest BCUT2D eigenvalue weighted by atomic mass is 15.1. The second kappa shape index (κ2) is 7.19. The Balaban J connectivity index is 1.91. The summed E-state index contributed by atoms with van der Waals surface area (Å²) in [4.78, 5) is 8.79. The molecule has 1 fully saturated rings. The molecule has 1 heterocycles. The van der Waals surface area contributed by atoms with E-state index >= 15 is 0 Å². The van der Waals surface area contributed by atoms with E-state index in [4.69, 9.17) is 0 Å². The summed E-state index contributed by atoms with van der Waals surface area (Å²) in [5.74, 6) is 1.78. The second-order valence-electron chi connectivity index (χ2n) is 5.05. The Hall–Kier alpha value is -1.32. The van der Waals surface area contributed by atoms with E-state index < -0.39 is 0 Å². The lowest BCUT2D eigenvalue weighted by molar-refractivity contribution is 0.617. The normalized spacial score (nSPS) is 17.2. The van der Waals surface area contributed by atoms with Gasteiger partial charge in [0.2, 0.25) is 0 Å². The first kappa shape index (κ1) is 13.1. The van der Waals surface area contributed by atoms with Gasteiger partial charge in [-0.25, -0.2) is 4.98 Å². The van der Waals surface area contributed by atoms with Gasteiger partial charge in [-0.3, -0.25) is 4.98 Å². The first-order valence-electron chi connectivity index (χ1n) is 7.21. The number of hydrogen-bond donors (Lipinski definition) is 2. The van der Waals surface area contributed by atoms with Crippen molar-refractivity contribution < 1.29 is 0 Å². The van der Waals surface area contributed by atoms with Crippen molar-refractivity contribution in [3.63, 3.8) is 0 Å². The Morgan fingerprint density at radius 1 is 1.11 bits per heavy atom. The lowest BCUT2D eigenvalue weighted by atomic mass is 10.1. The van der Waals surface area contributed by atoms with Crippen LogP contribution in [0.1, 0.15) is 51.9 Å². The summed E-state index contributed by atoms with van der Waals surface area (Å²) >= 11 is 0. The zero-order chi connectivity index (χ0) is 12.6. The molecule has 0 bridgehead atoms. The molecular formula is C14H24N4. The van der Waals surface area contributed by atoms with Crippen LogP contribution < -0.4 is 10.6 Å². The van der Waals surface area contributed by atoms with Crippen LogP contribution in [-0.2, 0) is 0 Å². The number of nitrogens with one attached hydrogen (secondary N) is 2. The SMILES string of the molecule is CCCNc1cncc(NC2CCCCCC2)n1. The topological polar surface area (TPSA) is 49.8 Å². The third-order valence-corrected chi connectivity index (χ3v) is 3.40. The van der Waals surface area contributed by atoms with E-state index in [1.165, 1.54) is 38.5 Å². The van der Waals surface area contributed by atoms with Crippen LogP contribution in [0.4, 0.5) is 11.6 Å². The molecule has 0 amide bonds. The summed E-state index contributed by atoms with van der Waals surface area (Å²) in [6, 6.07) is 0.572. The molecule has 0 atom stereocenters. The van der Waals surface area contributed by atoms with Gasteiger partial charge >= 0.3 is 0 Å². The van der Waals surface area contributed by atoms with Crippen molar-refractivity contribution in [3.05, 3.63) is 12.4 Å². The van der Waals surface area contributed by atoms with Crippen LogP contribution in [0.2, 0.25) is 0 Å². The molecule has 1 saturated carbocycles. The highest BCUT2D eigenvalue weighted by Crippen LogP contribution is 2.20. The van der Waals surface area contributed by atoms with Crippen molar-refractivity contribution in [1.82, 2.24) is 9.97 Å². The van der Waals surface area contributed by atoms with Gasteiger partial charge in [0, 0.05) is 12.6 Å². The summed E-state index contributed by atoms with van der Waals surface area (Å²) in [7, 11) is 0. The van der Waals surface area contributed by atoms with Crippen LogP contribution in [0.3, 0.4) is 0 Å². The van der Waals surface area contributed by atoms with Crippen LogP contribution in [0.5, 0.6) is 0 Å². The zero-order valence-electron chi connectivity index (χ0n) is 11.3. The van der Waals surface area contributed by atoms with Gasteiger partial charge in [-0.2, -0.15) is 0 Å². The minimum Gasteiger partial charge on any atom is -0.369 e. The van der Waals surface area contributed by atoms with Crippen molar-refractivity contribution >= 4 is 11.6 Å². The third kappa shape index (κ3) is 4.17. The first-order valence-corrected chi connectivity index (χ1v) is 7.21. The van der Waals surface area contributed by atoms with Gasteiger partial charge in [0.25, 0.3) is 0 Å². The van der Waals surface area contributed by atoms with E-state index in [2.05, 4.69) is 27.5 Å². The van der Waals surface area contributed by atoms with E-state index in [0.717, 1.165) is 24.6 Å². The van der Waals surface area contributed by atoms with E-state index in [1.54, 1.807) is 6.20 Å². The number of hydrogen-bond acceptors (Lipinski definition) is 4. The molecule has 0 unspecified atom stereocenters. The van der Waals surface area contributed by atoms with Crippen molar-refractivity contribution in [3.8, 4) is 0 Å². The zero-order valence-corrected chi connectivity index (χ0v) is 11.3. The standard InChI is InChI=1S/C14H24N4/c1-2-9-16-13-10-15-11-14(18-13)17-12-7-5-3-4-6-8-12/h10-12H,2-9H2,1H3,(H2,16,17,18). The number of aromatic nitrogens is 2. The van der Waals surface area contributed by atoms with Crippen molar-refractivity contribution in [2.45, 2.75) is 57.9 Å². The Kier molecular flexibility index (Phi) is 5.24. The largest absolute Gasteiger partial charge is 0.369 e. The molecule has 0 aliphatic heterocycles. The van der Waals surface area contributed by atoms with Crippen LogP contribution in [0.15, 0.2) is 12.4 Å². The Morgan fingerprint density at radius 3 is 2.56 bits per heavy atom. The molecule has 2 rings (SSSR count). The fraction of sp³-hybridized carbons (Fsp3) is 0.714. The molecule has 1 aromatic heterocycles. The van der Waals surface area contributed by atoms with Crippen molar-refractivity contribution in [1.29, 1.82) is 0 Å². The summed E-state index contributed by atoms with van der Waals surface area (Å²) in [5, 5.41) is 6.79. The lowest BCUT2D eigenvalue weighted by Crippen LogP contribution is -2.19. The molecule has 2 N–H and O–H groups in total. The number of nitrogens with zero attached hydrogens (tertiary/aromatic N) is 2. The van der Waals surface area contributed by atoms with Gasteiger partial charge in [-0.1, -0.05) is 32.6 Å². The molecule has 100 valence electrons. The Bertz CT molecular complexity index is 345. The molecule has 1 aliphatic carbocycles.